The quantitative estimate of drug-likeness (QED) is 0.740. The van der Waals surface area contributed by atoms with Crippen molar-refractivity contribution < 1.29 is 4.74 Å². The maximum atomic E-state index is 6.02. The summed E-state index contributed by atoms with van der Waals surface area (Å²) in [7, 11) is 0. The topological polar surface area (TPSA) is 21.3 Å². The highest BCUT2D eigenvalue weighted by Gasteiger charge is 2.17. The molecule has 2 rings (SSSR count). The van der Waals surface area contributed by atoms with Gasteiger partial charge in [0, 0.05) is 23.7 Å². The Hall–Kier alpha value is -0.570. The predicted octanol–water partition coefficient (Wildman–Crippen LogP) is 1.80. The summed E-state index contributed by atoms with van der Waals surface area (Å²) < 4.78 is 5.58. The van der Waals surface area contributed by atoms with Crippen LogP contribution in [-0.2, 0) is 4.74 Å². The van der Waals surface area contributed by atoms with Crippen LogP contribution in [0.2, 0.25) is 5.02 Å². The van der Waals surface area contributed by atoms with E-state index in [0.29, 0.717) is 0 Å². The number of rotatable bonds is 1. The third-order valence-electron chi connectivity index (χ3n) is 2.12. The first-order chi connectivity index (χ1) is 6.38. The molecule has 0 saturated carbocycles. The van der Waals surface area contributed by atoms with Crippen LogP contribution in [0.3, 0.4) is 0 Å². The summed E-state index contributed by atoms with van der Waals surface area (Å²) in [4.78, 5) is 0. The van der Waals surface area contributed by atoms with Gasteiger partial charge in [0.25, 0.3) is 0 Å². The molecule has 1 saturated heterocycles. The minimum Gasteiger partial charge on any atom is -0.371 e. The first kappa shape index (κ1) is 9.00. The molecule has 69 valence electrons. The molecule has 2 nitrogen and oxygen atoms in total. The smallest absolute Gasteiger partial charge is 0.0964 e. The summed E-state index contributed by atoms with van der Waals surface area (Å²) in [5.74, 6) is 0. The molecule has 0 aromatic heterocycles. The van der Waals surface area contributed by atoms with E-state index < -0.39 is 0 Å². The van der Waals surface area contributed by atoms with E-state index in [1.54, 1.807) is 6.07 Å². The number of ether oxygens (including phenoxy) is 1. The number of morpholine rings is 1. The van der Waals surface area contributed by atoms with Gasteiger partial charge in [-0.1, -0.05) is 23.7 Å². The van der Waals surface area contributed by atoms with Crippen LogP contribution in [0.5, 0.6) is 0 Å². The molecule has 3 heteroatoms. The first-order valence-corrected chi connectivity index (χ1v) is 4.73. The standard InChI is InChI=1S/C10H11ClNO/c11-9-4-2-1-3-8(9)10-7-12-5-6-13-10/h1,3-4,10,12H,5-7H2. The summed E-state index contributed by atoms with van der Waals surface area (Å²) in [6.45, 7) is 2.51. The minimum absolute atomic E-state index is 0.0934. The minimum atomic E-state index is 0.0934. The molecule has 0 amide bonds. The molecular formula is C10H11ClNO. The van der Waals surface area contributed by atoms with Crippen molar-refractivity contribution in [2.75, 3.05) is 19.7 Å². The molecule has 1 fully saturated rings. The molecular weight excluding hydrogens is 186 g/mol. The highest BCUT2D eigenvalue weighted by atomic mass is 35.5. The molecule has 1 N–H and O–H groups in total. The molecule has 13 heavy (non-hydrogen) atoms. The van der Waals surface area contributed by atoms with E-state index in [2.05, 4.69) is 11.4 Å². The first-order valence-electron chi connectivity index (χ1n) is 4.36. The van der Waals surface area contributed by atoms with E-state index in [1.807, 2.05) is 12.1 Å². The van der Waals surface area contributed by atoms with Gasteiger partial charge in [0.2, 0.25) is 0 Å². The largest absolute Gasteiger partial charge is 0.371 e. The molecule has 1 heterocycles. The third kappa shape index (κ3) is 2.02. The molecule has 0 bridgehead atoms. The zero-order valence-corrected chi connectivity index (χ0v) is 7.97. The zero-order chi connectivity index (χ0) is 9.10. The van der Waals surface area contributed by atoms with Crippen LogP contribution in [0.15, 0.2) is 18.2 Å². The molecule has 1 atom stereocenters. The Morgan fingerprint density at radius 1 is 1.62 bits per heavy atom. The number of benzene rings is 1. The van der Waals surface area contributed by atoms with Crippen molar-refractivity contribution in [3.8, 4) is 0 Å². The van der Waals surface area contributed by atoms with E-state index in [9.17, 15) is 0 Å². The molecule has 0 spiro atoms. The van der Waals surface area contributed by atoms with Crippen LogP contribution < -0.4 is 5.32 Å². The molecule has 1 aromatic rings. The van der Waals surface area contributed by atoms with E-state index in [4.69, 9.17) is 16.3 Å². The van der Waals surface area contributed by atoms with Crippen LogP contribution in [0, 0.1) is 6.07 Å². The van der Waals surface area contributed by atoms with Gasteiger partial charge in [-0.25, -0.2) is 0 Å². The lowest BCUT2D eigenvalue weighted by Crippen LogP contribution is -2.33. The monoisotopic (exact) mass is 196 g/mol. The van der Waals surface area contributed by atoms with Crippen LogP contribution in [0.25, 0.3) is 0 Å². The maximum Gasteiger partial charge on any atom is 0.0964 e. The van der Waals surface area contributed by atoms with Crippen LogP contribution in [-0.4, -0.2) is 19.7 Å². The van der Waals surface area contributed by atoms with Crippen molar-refractivity contribution >= 4 is 11.6 Å². The lowest BCUT2D eigenvalue weighted by molar-refractivity contribution is 0.0277. The molecule has 1 aliphatic rings. The van der Waals surface area contributed by atoms with Gasteiger partial charge in [-0.3, -0.25) is 0 Å². The second-order valence-electron chi connectivity index (χ2n) is 3.01. The Morgan fingerprint density at radius 2 is 2.54 bits per heavy atom. The fourth-order valence-electron chi connectivity index (χ4n) is 1.45. The van der Waals surface area contributed by atoms with Crippen molar-refractivity contribution in [2.24, 2.45) is 0 Å². The number of hydrogen-bond acceptors (Lipinski definition) is 2. The van der Waals surface area contributed by atoms with Gasteiger partial charge in [0.05, 0.1) is 12.7 Å². The lowest BCUT2D eigenvalue weighted by Gasteiger charge is -2.24. The fourth-order valence-corrected chi connectivity index (χ4v) is 1.70. The molecule has 1 aromatic carbocycles. The van der Waals surface area contributed by atoms with Crippen molar-refractivity contribution in [3.05, 3.63) is 34.9 Å². The third-order valence-corrected chi connectivity index (χ3v) is 2.45. The number of hydrogen-bond donors (Lipinski definition) is 1. The molecule has 1 radical (unpaired) electrons. The zero-order valence-electron chi connectivity index (χ0n) is 7.22. The van der Waals surface area contributed by atoms with Crippen molar-refractivity contribution in [1.82, 2.24) is 5.32 Å². The second kappa shape index (κ2) is 4.09. The fraction of sp³-hybridized carbons (Fsp3) is 0.400. The Balaban J connectivity index is 2.18. The van der Waals surface area contributed by atoms with Crippen molar-refractivity contribution in [3.63, 3.8) is 0 Å². The summed E-state index contributed by atoms with van der Waals surface area (Å²) in [6.07, 6.45) is 0.0934. The summed E-state index contributed by atoms with van der Waals surface area (Å²) in [6, 6.07) is 8.52. The van der Waals surface area contributed by atoms with Gasteiger partial charge >= 0.3 is 0 Å². The molecule has 1 aliphatic heterocycles. The molecule has 0 aliphatic carbocycles. The van der Waals surface area contributed by atoms with Gasteiger partial charge in [0.15, 0.2) is 0 Å². The van der Waals surface area contributed by atoms with Crippen LogP contribution >= 0.6 is 11.6 Å². The summed E-state index contributed by atoms with van der Waals surface area (Å²) in [5.41, 5.74) is 1.05. The molecule has 1 unspecified atom stereocenters. The van der Waals surface area contributed by atoms with Crippen molar-refractivity contribution in [2.45, 2.75) is 6.10 Å². The van der Waals surface area contributed by atoms with E-state index >= 15 is 0 Å². The van der Waals surface area contributed by atoms with Gasteiger partial charge in [-0.2, -0.15) is 0 Å². The average Bonchev–Trinajstić information content (AvgIpc) is 2.20. The average molecular weight is 197 g/mol. The van der Waals surface area contributed by atoms with E-state index in [1.165, 1.54) is 0 Å². The van der Waals surface area contributed by atoms with Crippen LogP contribution in [0.1, 0.15) is 11.7 Å². The lowest BCUT2D eigenvalue weighted by atomic mass is 10.1. The van der Waals surface area contributed by atoms with Crippen molar-refractivity contribution in [1.29, 1.82) is 0 Å². The van der Waals surface area contributed by atoms with Crippen LogP contribution in [0.4, 0.5) is 0 Å². The predicted molar refractivity (Wildman–Crippen MR) is 51.9 cm³/mol. The van der Waals surface area contributed by atoms with Gasteiger partial charge in [-0.15, -0.1) is 0 Å². The Bertz CT molecular complexity index is 284. The summed E-state index contributed by atoms with van der Waals surface area (Å²) >= 11 is 6.02. The summed E-state index contributed by atoms with van der Waals surface area (Å²) in [5, 5.41) is 4.00. The second-order valence-corrected chi connectivity index (χ2v) is 3.42. The SMILES string of the molecule is Clc1c[c]ccc1C1CNCCO1. The maximum absolute atomic E-state index is 6.02. The Kier molecular flexibility index (Phi) is 2.83. The van der Waals surface area contributed by atoms with Gasteiger partial charge in [0.1, 0.15) is 0 Å². The number of halogens is 1. The Morgan fingerprint density at radius 3 is 3.23 bits per heavy atom. The normalized spacial score (nSPS) is 23.0. The van der Waals surface area contributed by atoms with E-state index in [-0.39, 0.29) is 6.10 Å². The van der Waals surface area contributed by atoms with Gasteiger partial charge in [-0.05, 0) is 12.1 Å². The Labute approximate surface area is 82.9 Å². The van der Waals surface area contributed by atoms with Gasteiger partial charge < -0.3 is 10.1 Å². The van der Waals surface area contributed by atoms with E-state index in [0.717, 1.165) is 30.3 Å². The number of nitrogens with one attached hydrogen (secondary N) is 1. The highest BCUT2D eigenvalue weighted by Crippen LogP contribution is 2.25. The highest BCUT2D eigenvalue weighted by molar-refractivity contribution is 6.31.